The van der Waals surface area contributed by atoms with Crippen molar-refractivity contribution >= 4 is 23.1 Å². The number of carbonyl (C=O) groups is 1. The van der Waals surface area contributed by atoms with Crippen molar-refractivity contribution in [2.24, 2.45) is 0 Å². The van der Waals surface area contributed by atoms with Crippen LogP contribution >= 0.6 is 0 Å². The molecule has 0 bridgehead atoms. The molecule has 0 unspecified atom stereocenters. The van der Waals surface area contributed by atoms with Gasteiger partial charge in [-0.25, -0.2) is 14.3 Å². The zero-order valence-electron chi connectivity index (χ0n) is 18.0. The minimum absolute atomic E-state index is 0.0320. The van der Waals surface area contributed by atoms with E-state index in [1.807, 2.05) is 18.3 Å². The van der Waals surface area contributed by atoms with Gasteiger partial charge in [-0.15, -0.1) is 0 Å². The van der Waals surface area contributed by atoms with Crippen molar-refractivity contribution in [2.75, 3.05) is 31.2 Å². The maximum absolute atomic E-state index is 11.3. The van der Waals surface area contributed by atoms with E-state index in [9.17, 15) is 9.90 Å². The first-order chi connectivity index (χ1) is 14.9. The summed E-state index contributed by atoms with van der Waals surface area (Å²) in [6, 6.07) is 6.02. The Bertz CT molecular complexity index is 1110. The van der Waals surface area contributed by atoms with E-state index >= 15 is 0 Å². The van der Waals surface area contributed by atoms with Gasteiger partial charge in [0.2, 0.25) is 0 Å². The number of likely N-dealkylation sites (tertiary alicyclic amines) is 1. The molecule has 4 N–H and O–H groups in total. The topological polar surface area (TPSA) is 118 Å². The number of hydrogen-bond donors (Lipinski definition) is 3. The molecule has 3 heterocycles. The van der Waals surface area contributed by atoms with Gasteiger partial charge in [0.15, 0.2) is 11.4 Å². The van der Waals surface area contributed by atoms with Crippen LogP contribution in [0.25, 0.3) is 16.8 Å². The average molecular weight is 425 g/mol. The smallest absolute Gasteiger partial charge is 0.407 e. The minimum Gasteiger partial charge on any atom is -0.493 e. The van der Waals surface area contributed by atoms with Crippen LogP contribution < -0.4 is 15.8 Å². The fraction of sp³-hybridized carbons (Fsp3) is 0.409. The molecule has 3 aromatic rings. The number of anilines is 2. The first-order valence-corrected chi connectivity index (χ1v) is 10.4. The van der Waals surface area contributed by atoms with Gasteiger partial charge >= 0.3 is 6.09 Å². The number of rotatable bonds is 5. The fourth-order valence-corrected chi connectivity index (χ4v) is 4.17. The molecule has 1 aliphatic rings. The lowest BCUT2D eigenvalue weighted by atomic mass is 9.91. The number of pyridine rings is 1. The second-order valence-corrected chi connectivity index (χ2v) is 8.22. The van der Waals surface area contributed by atoms with Crippen LogP contribution in [0.1, 0.15) is 38.2 Å². The third-order valence-electron chi connectivity index (χ3n) is 5.77. The largest absolute Gasteiger partial charge is 0.493 e. The van der Waals surface area contributed by atoms with E-state index in [2.05, 4.69) is 35.3 Å². The Hall–Kier alpha value is -3.49. The molecule has 1 aliphatic heterocycles. The van der Waals surface area contributed by atoms with E-state index in [1.165, 1.54) is 11.2 Å². The number of nitrogens with one attached hydrogen (secondary N) is 1. The lowest BCUT2D eigenvalue weighted by molar-refractivity contribution is 0.133. The molecule has 1 saturated heterocycles. The standard InChI is InChI=1S/C22H28N6O3/c1-13(2)16-9-19(26-15-5-4-6-27(11-15)22(29)30)18(23)8-17(16)14-7-20(31-3)21-24-12-25-28(21)10-14/h7-10,12-13,15,26H,4-6,11,23H2,1-3H3,(H,29,30)/t15-/m0/s1. The number of nitrogens with two attached hydrogens (primary N) is 1. The molecule has 2 aromatic heterocycles. The summed E-state index contributed by atoms with van der Waals surface area (Å²) >= 11 is 0. The van der Waals surface area contributed by atoms with Gasteiger partial charge in [0.1, 0.15) is 6.33 Å². The lowest BCUT2D eigenvalue weighted by Gasteiger charge is -2.32. The van der Waals surface area contributed by atoms with E-state index < -0.39 is 6.09 Å². The molecule has 1 fully saturated rings. The van der Waals surface area contributed by atoms with E-state index in [1.54, 1.807) is 11.6 Å². The maximum Gasteiger partial charge on any atom is 0.407 e. The molecule has 0 aliphatic carbocycles. The zero-order valence-corrected chi connectivity index (χ0v) is 18.0. The highest BCUT2D eigenvalue weighted by Gasteiger charge is 2.24. The molecule has 1 atom stereocenters. The predicted octanol–water partition coefficient (Wildman–Crippen LogP) is 3.66. The van der Waals surface area contributed by atoms with E-state index in [-0.39, 0.29) is 12.0 Å². The van der Waals surface area contributed by atoms with E-state index in [0.717, 1.165) is 35.2 Å². The summed E-state index contributed by atoms with van der Waals surface area (Å²) < 4.78 is 7.21. The van der Waals surface area contributed by atoms with Crippen molar-refractivity contribution in [1.82, 2.24) is 19.5 Å². The Labute approximate surface area is 180 Å². The number of nitrogens with zero attached hydrogens (tertiary/aromatic N) is 4. The van der Waals surface area contributed by atoms with Gasteiger partial charge < -0.3 is 25.8 Å². The third-order valence-corrected chi connectivity index (χ3v) is 5.77. The molecule has 1 amide bonds. The van der Waals surface area contributed by atoms with Gasteiger partial charge in [-0.3, -0.25) is 0 Å². The monoisotopic (exact) mass is 424 g/mol. The molecule has 1 aromatic carbocycles. The van der Waals surface area contributed by atoms with Crippen LogP contribution in [0.5, 0.6) is 5.75 Å². The number of methoxy groups -OCH3 is 1. The van der Waals surface area contributed by atoms with Crippen molar-refractivity contribution in [3.63, 3.8) is 0 Å². The normalized spacial score (nSPS) is 16.6. The van der Waals surface area contributed by atoms with Gasteiger partial charge in [0.25, 0.3) is 0 Å². The van der Waals surface area contributed by atoms with Crippen molar-refractivity contribution in [2.45, 2.75) is 38.6 Å². The number of piperidine rings is 1. The highest BCUT2D eigenvalue weighted by Crippen LogP contribution is 2.37. The van der Waals surface area contributed by atoms with Crippen LogP contribution in [0.15, 0.2) is 30.7 Å². The summed E-state index contributed by atoms with van der Waals surface area (Å²) in [6.45, 7) is 5.30. The maximum atomic E-state index is 11.3. The van der Waals surface area contributed by atoms with Crippen LogP contribution in [-0.2, 0) is 0 Å². The Morgan fingerprint density at radius 3 is 2.87 bits per heavy atom. The van der Waals surface area contributed by atoms with E-state index in [4.69, 9.17) is 10.5 Å². The fourth-order valence-electron chi connectivity index (χ4n) is 4.17. The van der Waals surface area contributed by atoms with Gasteiger partial charge in [-0.05, 0) is 48.1 Å². The molecule has 9 heteroatoms. The minimum atomic E-state index is -0.880. The van der Waals surface area contributed by atoms with Gasteiger partial charge in [-0.1, -0.05) is 13.8 Å². The molecule has 164 valence electrons. The van der Waals surface area contributed by atoms with Gasteiger partial charge in [0.05, 0.1) is 18.5 Å². The number of aromatic nitrogens is 3. The quantitative estimate of drug-likeness (QED) is 0.535. The number of amides is 1. The first-order valence-electron chi connectivity index (χ1n) is 10.4. The predicted molar refractivity (Wildman–Crippen MR) is 120 cm³/mol. The molecule has 0 spiro atoms. The number of nitrogen functional groups attached to an aromatic ring is 1. The van der Waals surface area contributed by atoms with Crippen molar-refractivity contribution in [1.29, 1.82) is 0 Å². The summed E-state index contributed by atoms with van der Waals surface area (Å²) in [6.07, 6.45) is 4.27. The van der Waals surface area contributed by atoms with Crippen LogP contribution in [0.4, 0.5) is 16.2 Å². The Kier molecular flexibility index (Phi) is 5.58. The van der Waals surface area contributed by atoms with Crippen molar-refractivity contribution < 1.29 is 14.6 Å². The Morgan fingerprint density at radius 2 is 2.16 bits per heavy atom. The Balaban J connectivity index is 1.71. The average Bonchev–Trinajstić information content (AvgIpc) is 3.23. The second kappa shape index (κ2) is 8.33. The summed E-state index contributed by atoms with van der Waals surface area (Å²) in [5.41, 5.74) is 11.6. The molecular formula is C22H28N6O3. The van der Waals surface area contributed by atoms with Gasteiger partial charge in [0, 0.05) is 30.9 Å². The SMILES string of the molecule is COc1cc(-c2cc(N)c(N[C@H]3CCCN(C(=O)O)C3)cc2C(C)C)cn2ncnc12. The van der Waals surface area contributed by atoms with Crippen molar-refractivity contribution in [3.05, 3.63) is 36.3 Å². The lowest BCUT2D eigenvalue weighted by Crippen LogP contribution is -2.44. The van der Waals surface area contributed by atoms with Crippen molar-refractivity contribution in [3.8, 4) is 16.9 Å². The number of hydrogen-bond acceptors (Lipinski definition) is 6. The first kappa shape index (κ1) is 20.8. The molecule has 31 heavy (non-hydrogen) atoms. The zero-order chi connectivity index (χ0) is 22.1. The van der Waals surface area contributed by atoms with Crippen LogP contribution in [0.2, 0.25) is 0 Å². The highest BCUT2D eigenvalue weighted by molar-refractivity contribution is 5.81. The van der Waals surface area contributed by atoms with Gasteiger partial charge in [-0.2, -0.15) is 5.10 Å². The van der Waals surface area contributed by atoms with Crippen LogP contribution in [-0.4, -0.2) is 56.9 Å². The molecule has 9 nitrogen and oxygen atoms in total. The number of benzene rings is 1. The molecular weight excluding hydrogens is 396 g/mol. The summed E-state index contributed by atoms with van der Waals surface area (Å²) in [7, 11) is 1.61. The van der Waals surface area contributed by atoms with Crippen LogP contribution in [0.3, 0.4) is 0 Å². The summed E-state index contributed by atoms with van der Waals surface area (Å²) in [5, 5.41) is 17.0. The molecule has 4 rings (SSSR count). The number of ether oxygens (including phenoxy) is 1. The highest BCUT2D eigenvalue weighted by atomic mass is 16.5. The molecule has 0 saturated carbocycles. The summed E-state index contributed by atoms with van der Waals surface area (Å²) in [5.74, 6) is 0.886. The van der Waals surface area contributed by atoms with Crippen LogP contribution in [0, 0.1) is 0 Å². The molecule has 0 radical (unpaired) electrons. The number of carboxylic acid groups (broad SMARTS) is 1. The second-order valence-electron chi connectivity index (χ2n) is 8.22. The van der Waals surface area contributed by atoms with E-state index in [0.29, 0.717) is 30.2 Å². The number of fused-ring (bicyclic) bond motifs is 1. The summed E-state index contributed by atoms with van der Waals surface area (Å²) in [4.78, 5) is 17.0. The third kappa shape index (κ3) is 4.08. The Morgan fingerprint density at radius 1 is 1.35 bits per heavy atom.